The zero-order chi connectivity index (χ0) is 10.6. The monoisotopic (exact) mass is 198 g/mol. The van der Waals surface area contributed by atoms with Crippen molar-refractivity contribution in [1.29, 1.82) is 0 Å². The molecule has 0 saturated carbocycles. The third kappa shape index (κ3) is 7.51. The first-order valence-corrected chi connectivity index (χ1v) is 5.48. The number of hydrogen-bond donors (Lipinski definition) is 0. The Morgan fingerprint density at radius 1 is 0.400 bits per heavy atom. The molecule has 0 saturated heterocycles. The molecule has 0 atom stereocenters. The number of rotatable bonds is 0. The molecule has 0 nitrogen and oxygen atoms in total. The van der Waals surface area contributed by atoms with E-state index in [2.05, 4.69) is 36.5 Å². The summed E-state index contributed by atoms with van der Waals surface area (Å²) in [6, 6.07) is 0. The fourth-order valence-corrected chi connectivity index (χ4v) is 1.22. The summed E-state index contributed by atoms with van der Waals surface area (Å²) in [4.78, 5) is 0. The van der Waals surface area contributed by atoms with Gasteiger partial charge in [0.15, 0.2) is 0 Å². The maximum absolute atomic E-state index is 2.21. The van der Waals surface area contributed by atoms with Crippen LogP contribution < -0.4 is 0 Å². The standard InChI is InChI=1S/C15H18/c1-2-4-6-8-10-12-14-15-13-11-9-7-5-3-1/h1-12H,13-15H2/b3-1-,4-2+,7-5+,8-6+,11-9+,12-10?. The molecular weight excluding hydrogens is 180 g/mol. The molecule has 0 heterocycles. The zero-order valence-electron chi connectivity index (χ0n) is 9.05. The summed E-state index contributed by atoms with van der Waals surface area (Å²) in [5.74, 6) is 0. The Balaban J connectivity index is 2.51. The van der Waals surface area contributed by atoms with E-state index in [1.54, 1.807) is 0 Å². The summed E-state index contributed by atoms with van der Waals surface area (Å²) < 4.78 is 0. The van der Waals surface area contributed by atoms with Gasteiger partial charge in [-0.2, -0.15) is 0 Å². The summed E-state index contributed by atoms with van der Waals surface area (Å²) in [7, 11) is 0. The van der Waals surface area contributed by atoms with Crippen molar-refractivity contribution >= 4 is 0 Å². The summed E-state index contributed by atoms with van der Waals surface area (Å²) in [6.07, 6.45) is 28.5. The van der Waals surface area contributed by atoms with E-state index < -0.39 is 0 Å². The second kappa shape index (κ2) is 9.01. The van der Waals surface area contributed by atoms with Crippen LogP contribution in [0, 0.1) is 0 Å². The molecule has 1 aliphatic rings. The highest BCUT2D eigenvalue weighted by Gasteiger charge is 1.78. The van der Waals surface area contributed by atoms with Gasteiger partial charge >= 0.3 is 0 Å². The van der Waals surface area contributed by atoms with Crippen LogP contribution >= 0.6 is 0 Å². The van der Waals surface area contributed by atoms with Crippen molar-refractivity contribution in [2.24, 2.45) is 0 Å². The molecule has 0 radical (unpaired) electrons. The highest BCUT2D eigenvalue weighted by atomic mass is 13.8. The van der Waals surface area contributed by atoms with Gasteiger partial charge < -0.3 is 0 Å². The maximum Gasteiger partial charge on any atom is -0.0345 e. The lowest BCUT2D eigenvalue weighted by atomic mass is 10.2. The van der Waals surface area contributed by atoms with Gasteiger partial charge in [0.25, 0.3) is 0 Å². The van der Waals surface area contributed by atoms with Gasteiger partial charge in [-0.05, 0) is 19.3 Å². The summed E-state index contributed by atoms with van der Waals surface area (Å²) in [5.41, 5.74) is 0. The predicted octanol–water partition coefficient (Wildman–Crippen LogP) is 4.51. The summed E-state index contributed by atoms with van der Waals surface area (Å²) in [5, 5.41) is 0. The Bertz CT molecular complexity index is 277. The molecule has 0 fully saturated rings. The van der Waals surface area contributed by atoms with Crippen LogP contribution in [0.5, 0.6) is 0 Å². The van der Waals surface area contributed by atoms with Crippen LogP contribution in [0.1, 0.15) is 19.3 Å². The maximum atomic E-state index is 2.21. The van der Waals surface area contributed by atoms with E-state index in [0.29, 0.717) is 0 Å². The molecule has 0 spiro atoms. The van der Waals surface area contributed by atoms with Gasteiger partial charge in [0.05, 0.1) is 0 Å². The quantitative estimate of drug-likeness (QED) is 0.537. The molecule has 1 aliphatic carbocycles. The van der Waals surface area contributed by atoms with Gasteiger partial charge in [0.1, 0.15) is 0 Å². The van der Waals surface area contributed by atoms with E-state index in [4.69, 9.17) is 0 Å². The van der Waals surface area contributed by atoms with Crippen molar-refractivity contribution in [2.75, 3.05) is 0 Å². The normalized spacial score (nSPS) is 28.3. The summed E-state index contributed by atoms with van der Waals surface area (Å²) >= 11 is 0. The second-order valence-corrected chi connectivity index (χ2v) is 3.33. The molecule has 0 N–H and O–H groups in total. The van der Waals surface area contributed by atoms with Crippen molar-refractivity contribution in [1.82, 2.24) is 0 Å². The largest absolute Gasteiger partial charge is 0.0845 e. The van der Waals surface area contributed by atoms with Crippen LogP contribution in [-0.4, -0.2) is 0 Å². The smallest absolute Gasteiger partial charge is 0.0345 e. The minimum Gasteiger partial charge on any atom is -0.0845 e. The van der Waals surface area contributed by atoms with E-state index in [0.717, 1.165) is 12.8 Å². The van der Waals surface area contributed by atoms with Crippen LogP contribution in [-0.2, 0) is 0 Å². The fourth-order valence-electron chi connectivity index (χ4n) is 1.22. The third-order valence-corrected chi connectivity index (χ3v) is 2.01. The van der Waals surface area contributed by atoms with E-state index in [1.165, 1.54) is 6.42 Å². The van der Waals surface area contributed by atoms with Crippen molar-refractivity contribution in [2.45, 2.75) is 19.3 Å². The van der Waals surface area contributed by atoms with Gasteiger partial charge in [-0.1, -0.05) is 72.9 Å². The van der Waals surface area contributed by atoms with Gasteiger partial charge in [0, 0.05) is 0 Å². The minimum atomic E-state index is 1.15. The first-order valence-electron chi connectivity index (χ1n) is 5.48. The molecule has 1 rings (SSSR count). The molecule has 0 aromatic heterocycles. The first-order chi connectivity index (χ1) is 7.50. The molecule has 0 unspecified atom stereocenters. The topological polar surface area (TPSA) is 0 Å². The highest BCUT2D eigenvalue weighted by molar-refractivity contribution is 5.19. The van der Waals surface area contributed by atoms with Crippen LogP contribution in [0.4, 0.5) is 0 Å². The average Bonchev–Trinajstić information content (AvgIpc) is 2.27. The lowest BCUT2D eigenvalue weighted by Gasteiger charge is -1.88. The predicted molar refractivity (Wildman–Crippen MR) is 68.7 cm³/mol. The summed E-state index contributed by atoms with van der Waals surface area (Å²) in [6.45, 7) is 0. The van der Waals surface area contributed by atoms with Crippen molar-refractivity contribution in [3.8, 4) is 0 Å². The third-order valence-electron chi connectivity index (χ3n) is 2.01. The first kappa shape index (κ1) is 11.5. The van der Waals surface area contributed by atoms with E-state index in [9.17, 15) is 0 Å². The van der Waals surface area contributed by atoms with Crippen LogP contribution in [0.2, 0.25) is 0 Å². The van der Waals surface area contributed by atoms with Crippen molar-refractivity contribution in [3.05, 3.63) is 72.9 Å². The van der Waals surface area contributed by atoms with Crippen molar-refractivity contribution in [3.63, 3.8) is 0 Å². The molecular formula is C15H18. The molecule has 0 heteroatoms. The van der Waals surface area contributed by atoms with Crippen molar-refractivity contribution < 1.29 is 0 Å². The molecule has 0 bridgehead atoms. The Morgan fingerprint density at radius 3 is 1.13 bits per heavy atom. The molecule has 0 aliphatic heterocycles. The SMILES string of the molecule is C1=CCCC/C=C/C=C/C=C\C=C\C=C\1. The fraction of sp³-hybridized carbons (Fsp3) is 0.200. The van der Waals surface area contributed by atoms with Crippen LogP contribution in [0.25, 0.3) is 0 Å². The Morgan fingerprint density at radius 2 is 0.733 bits per heavy atom. The minimum absolute atomic E-state index is 1.15. The molecule has 0 aromatic rings. The second-order valence-electron chi connectivity index (χ2n) is 3.33. The van der Waals surface area contributed by atoms with Crippen LogP contribution in [0.3, 0.4) is 0 Å². The Labute approximate surface area is 92.7 Å². The van der Waals surface area contributed by atoms with Crippen LogP contribution in [0.15, 0.2) is 72.9 Å². The van der Waals surface area contributed by atoms with E-state index in [-0.39, 0.29) is 0 Å². The Hall–Kier alpha value is -1.56. The molecule has 0 aromatic carbocycles. The lowest BCUT2D eigenvalue weighted by Crippen LogP contribution is -1.67. The molecule has 78 valence electrons. The van der Waals surface area contributed by atoms with Gasteiger partial charge in [-0.3, -0.25) is 0 Å². The number of allylic oxidation sites excluding steroid dienone is 12. The van der Waals surface area contributed by atoms with E-state index >= 15 is 0 Å². The zero-order valence-corrected chi connectivity index (χ0v) is 9.05. The molecule has 0 amide bonds. The molecule has 15 heavy (non-hydrogen) atoms. The van der Waals surface area contributed by atoms with E-state index in [1.807, 2.05) is 36.5 Å². The average molecular weight is 198 g/mol. The Kier molecular flexibility index (Phi) is 6.92. The van der Waals surface area contributed by atoms with Gasteiger partial charge in [-0.15, -0.1) is 0 Å². The van der Waals surface area contributed by atoms with Gasteiger partial charge in [-0.25, -0.2) is 0 Å². The highest BCUT2D eigenvalue weighted by Crippen LogP contribution is 1.98. The lowest BCUT2D eigenvalue weighted by molar-refractivity contribution is 0.868. The number of hydrogen-bond acceptors (Lipinski definition) is 0. The van der Waals surface area contributed by atoms with Gasteiger partial charge in [0.2, 0.25) is 0 Å².